The average Bonchev–Trinajstić information content (AvgIpc) is 3.60. The molecule has 164 valence electrons. The van der Waals surface area contributed by atoms with Crippen LogP contribution in [0.25, 0.3) is 56.0 Å². The van der Waals surface area contributed by atoms with E-state index in [4.69, 9.17) is 19.4 Å². The molecule has 5 aromatic heterocycles. The first-order chi connectivity index (χ1) is 16.7. The lowest BCUT2D eigenvalue weighted by molar-refractivity contribution is 0.174. The number of fused-ring (bicyclic) bond motifs is 3. The van der Waals surface area contributed by atoms with Crippen LogP contribution in [0.5, 0.6) is 17.2 Å². The standard InChI is InChI=1S/C24H15N7O3/c32-14-5-13(7-25-8-14)16-2-3-17-22(27-16)23(31-30-17)24-28-18-10-26-9-15(21(18)29-24)12-1-4-19-20(6-12)34-11-33-19/h1-10,32H,11H2,(H,28,29)(H,30,31). The number of rotatable bonds is 3. The molecule has 0 fully saturated rings. The fourth-order valence-electron chi connectivity index (χ4n) is 4.11. The Bertz CT molecular complexity index is 1720. The highest BCUT2D eigenvalue weighted by Crippen LogP contribution is 2.38. The van der Waals surface area contributed by atoms with Crippen molar-refractivity contribution in [3.05, 3.63) is 61.2 Å². The van der Waals surface area contributed by atoms with Crippen LogP contribution in [0.15, 0.2) is 61.2 Å². The zero-order chi connectivity index (χ0) is 22.6. The predicted octanol–water partition coefficient (Wildman–Crippen LogP) is 4.06. The van der Waals surface area contributed by atoms with Gasteiger partial charge in [0.05, 0.1) is 34.6 Å². The van der Waals surface area contributed by atoms with E-state index in [0.29, 0.717) is 34.0 Å². The predicted molar refractivity (Wildman–Crippen MR) is 123 cm³/mol. The molecule has 0 amide bonds. The van der Waals surface area contributed by atoms with Crippen LogP contribution in [0.4, 0.5) is 0 Å². The molecule has 0 atom stereocenters. The summed E-state index contributed by atoms with van der Waals surface area (Å²) in [5.74, 6) is 2.06. The van der Waals surface area contributed by atoms with Gasteiger partial charge in [0.2, 0.25) is 6.79 Å². The Balaban J connectivity index is 1.36. The van der Waals surface area contributed by atoms with Gasteiger partial charge in [-0.1, -0.05) is 6.07 Å². The second-order valence-electron chi connectivity index (χ2n) is 7.83. The number of hydrogen-bond donors (Lipinski definition) is 3. The second kappa shape index (κ2) is 7.01. The molecule has 34 heavy (non-hydrogen) atoms. The monoisotopic (exact) mass is 449 g/mol. The van der Waals surface area contributed by atoms with Gasteiger partial charge in [-0.25, -0.2) is 9.97 Å². The van der Waals surface area contributed by atoms with Crippen molar-refractivity contribution in [1.82, 2.24) is 35.1 Å². The Kier molecular flexibility index (Phi) is 3.83. The van der Waals surface area contributed by atoms with Crippen LogP contribution in [0.1, 0.15) is 0 Å². The third-order valence-electron chi connectivity index (χ3n) is 5.73. The van der Waals surface area contributed by atoms with E-state index in [2.05, 4.69) is 25.1 Å². The number of aromatic hydroxyl groups is 1. The molecule has 0 radical (unpaired) electrons. The summed E-state index contributed by atoms with van der Waals surface area (Å²) in [6.07, 6.45) is 6.54. The Morgan fingerprint density at radius 1 is 0.794 bits per heavy atom. The van der Waals surface area contributed by atoms with Gasteiger partial charge in [-0.05, 0) is 35.9 Å². The van der Waals surface area contributed by atoms with E-state index in [1.165, 1.54) is 6.20 Å². The summed E-state index contributed by atoms with van der Waals surface area (Å²) in [5.41, 5.74) is 6.67. The minimum absolute atomic E-state index is 0.0765. The van der Waals surface area contributed by atoms with Gasteiger partial charge >= 0.3 is 0 Å². The van der Waals surface area contributed by atoms with Crippen molar-refractivity contribution in [3.63, 3.8) is 0 Å². The molecule has 1 aliphatic heterocycles. The molecule has 0 bridgehead atoms. The van der Waals surface area contributed by atoms with Crippen LogP contribution in [-0.2, 0) is 0 Å². The zero-order valence-corrected chi connectivity index (χ0v) is 17.5. The number of aromatic nitrogens is 7. The second-order valence-corrected chi connectivity index (χ2v) is 7.83. The number of pyridine rings is 3. The SMILES string of the molecule is Oc1cncc(-c2ccc3[nH]nc(-c4nc5c(-c6ccc7c(c6)OCO7)cncc5[nH]4)c3n2)c1. The highest BCUT2D eigenvalue weighted by Gasteiger charge is 2.19. The van der Waals surface area contributed by atoms with E-state index < -0.39 is 0 Å². The third kappa shape index (κ3) is 2.85. The summed E-state index contributed by atoms with van der Waals surface area (Å²) in [4.78, 5) is 21.4. The van der Waals surface area contributed by atoms with Crippen LogP contribution in [-0.4, -0.2) is 47.0 Å². The van der Waals surface area contributed by atoms with Crippen molar-refractivity contribution in [2.24, 2.45) is 0 Å². The number of hydrogen-bond acceptors (Lipinski definition) is 8. The van der Waals surface area contributed by atoms with E-state index in [1.807, 2.05) is 30.3 Å². The number of aromatic amines is 2. The van der Waals surface area contributed by atoms with Crippen LogP contribution >= 0.6 is 0 Å². The summed E-state index contributed by atoms with van der Waals surface area (Å²) in [6.45, 7) is 0.216. The third-order valence-corrected chi connectivity index (χ3v) is 5.73. The van der Waals surface area contributed by atoms with Crippen molar-refractivity contribution in [3.8, 4) is 51.2 Å². The van der Waals surface area contributed by atoms with Crippen molar-refractivity contribution in [2.45, 2.75) is 0 Å². The molecule has 0 saturated heterocycles. The number of imidazole rings is 1. The van der Waals surface area contributed by atoms with E-state index in [9.17, 15) is 5.11 Å². The molecule has 1 aromatic carbocycles. The topological polar surface area (TPSA) is 135 Å². The van der Waals surface area contributed by atoms with Crippen molar-refractivity contribution < 1.29 is 14.6 Å². The zero-order valence-electron chi connectivity index (χ0n) is 17.5. The summed E-state index contributed by atoms with van der Waals surface area (Å²) in [7, 11) is 0. The largest absolute Gasteiger partial charge is 0.506 e. The van der Waals surface area contributed by atoms with Crippen LogP contribution in [0.3, 0.4) is 0 Å². The highest BCUT2D eigenvalue weighted by molar-refractivity contribution is 5.96. The average molecular weight is 449 g/mol. The molecule has 10 heteroatoms. The Morgan fingerprint density at radius 3 is 2.65 bits per heavy atom. The molecule has 7 rings (SSSR count). The normalized spacial score (nSPS) is 12.6. The molecule has 6 aromatic rings. The maximum absolute atomic E-state index is 9.79. The lowest BCUT2D eigenvalue weighted by Gasteiger charge is -2.03. The van der Waals surface area contributed by atoms with E-state index >= 15 is 0 Å². The number of ether oxygens (including phenoxy) is 2. The quantitative estimate of drug-likeness (QED) is 0.368. The van der Waals surface area contributed by atoms with Gasteiger partial charge in [-0.2, -0.15) is 5.10 Å². The summed E-state index contributed by atoms with van der Waals surface area (Å²) >= 11 is 0. The first kappa shape index (κ1) is 18.6. The summed E-state index contributed by atoms with van der Waals surface area (Å²) in [6, 6.07) is 11.1. The van der Waals surface area contributed by atoms with Crippen LogP contribution in [0.2, 0.25) is 0 Å². The lowest BCUT2D eigenvalue weighted by atomic mass is 10.1. The van der Waals surface area contributed by atoms with E-state index in [-0.39, 0.29) is 12.5 Å². The number of nitrogens with zero attached hydrogens (tertiary/aromatic N) is 5. The molecule has 3 N–H and O–H groups in total. The Morgan fingerprint density at radius 2 is 1.71 bits per heavy atom. The van der Waals surface area contributed by atoms with Gasteiger partial charge in [0, 0.05) is 23.5 Å². The Labute approximate surface area is 191 Å². The molecular formula is C24H15N7O3. The minimum Gasteiger partial charge on any atom is -0.506 e. The van der Waals surface area contributed by atoms with Gasteiger partial charge < -0.3 is 19.6 Å². The first-order valence-corrected chi connectivity index (χ1v) is 10.5. The molecule has 6 heterocycles. The molecule has 0 spiro atoms. The van der Waals surface area contributed by atoms with E-state index in [0.717, 1.165) is 33.4 Å². The maximum Gasteiger partial charge on any atom is 0.231 e. The van der Waals surface area contributed by atoms with Crippen molar-refractivity contribution >= 4 is 22.1 Å². The van der Waals surface area contributed by atoms with Gasteiger partial charge in [0.25, 0.3) is 0 Å². The highest BCUT2D eigenvalue weighted by atomic mass is 16.7. The number of nitrogens with one attached hydrogen (secondary N) is 2. The Hall–Kier alpha value is -4.99. The van der Waals surface area contributed by atoms with Crippen LogP contribution < -0.4 is 9.47 Å². The van der Waals surface area contributed by atoms with Crippen LogP contribution in [0, 0.1) is 0 Å². The summed E-state index contributed by atoms with van der Waals surface area (Å²) < 4.78 is 10.9. The number of benzene rings is 1. The fraction of sp³-hybridized carbons (Fsp3) is 0.0417. The summed E-state index contributed by atoms with van der Waals surface area (Å²) in [5, 5.41) is 17.3. The molecule has 10 nitrogen and oxygen atoms in total. The first-order valence-electron chi connectivity index (χ1n) is 10.5. The van der Waals surface area contributed by atoms with Gasteiger partial charge in [-0.15, -0.1) is 0 Å². The van der Waals surface area contributed by atoms with E-state index in [1.54, 1.807) is 24.7 Å². The molecule has 0 saturated carbocycles. The van der Waals surface area contributed by atoms with Gasteiger partial charge in [0.15, 0.2) is 23.0 Å². The van der Waals surface area contributed by atoms with Crippen molar-refractivity contribution in [1.29, 1.82) is 0 Å². The molecule has 0 aliphatic carbocycles. The number of H-pyrrole nitrogens is 2. The smallest absolute Gasteiger partial charge is 0.231 e. The molecule has 1 aliphatic rings. The fourth-order valence-corrected chi connectivity index (χ4v) is 4.11. The molecule has 0 unspecified atom stereocenters. The minimum atomic E-state index is 0.0765. The lowest BCUT2D eigenvalue weighted by Crippen LogP contribution is -1.92. The molecular weight excluding hydrogens is 434 g/mol. The van der Waals surface area contributed by atoms with Gasteiger partial charge in [0.1, 0.15) is 11.3 Å². The maximum atomic E-state index is 9.79. The van der Waals surface area contributed by atoms with Gasteiger partial charge in [-0.3, -0.25) is 15.1 Å². The van der Waals surface area contributed by atoms with Crippen molar-refractivity contribution in [2.75, 3.05) is 6.79 Å².